The zero-order chi connectivity index (χ0) is 18.2. The number of nitrogens with one attached hydrogen (secondary N) is 3. The zero-order valence-corrected chi connectivity index (χ0v) is 12.8. The highest BCUT2D eigenvalue weighted by Gasteiger charge is 2.26. The van der Waals surface area contributed by atoms with Crippen molar-refractivity contribution in [3.8, 4) is 0 Å². The second-order valence-corrected chi connectivity index (χ2v) is 4.79. The van der Waals surface area contributed by atoms with Crippen molar-refractivity contribution in [1.82, 2.24) is 16.0 Å². The van der Waals surface area contributed by atoms with Crippen LogP contribution in [0.3, 0.4) is 0 Å². The Kier molecular flexibility index (Phi) is 8.26. The Hall–Kier alpha value is -2.69. The molecular formula is C12H21N5O6. The summed E-state index contributed by atoms with van der Waals surface area (Å²) in [7, 11) is 0. The molecule has 3 atom stereocenters. The van der Waals surface area contributed by atoms with E-state index in [9.17, 15) is 24.0 Å². The van der Waals surface area contributed by atoms with Gasteiger partial charge >= 0.3 is 5.97 Å². The number of carboxylic acids is 1. The number of carboxylic acid groups (broad SMARTS) is 1. The van der Waals surface area contributed by atoms with Gasteiger partial charge in [0, 0.05) is 0 Å². The van der Waals surface area contributed by atoms with Crippen molar-refractivity contribution in [3.63, 3.8) is 0 Å². The minimum absolute atomic E-state index is 0.394. The van der Waals surface area contributed by atoms with Crippen molar-refractivity contribution < 1.29 is 29.1 Å². The van der Waals surface area contributed by atoms with Crippen LogP contribution in [0.25, 0.3) is 0 Å². The molecule has 4 amide bonds. The molecule has 0 rings (SSSR count). The van der Waals surface area contributed by atoms with E-state index in [1.54, 1.807) is 0 Å². The lowest BCUT2D eigenvalue weighted by molar-refractivity contribution is -0.141. The average Bonchev–Trinajstić information content (AvgIpc) is 2.45. The lowest BCUT2D eigenvalue weighted by atomic mass is 10.1. The maximum atomic E-state index is 12.0. The smallest absolute Gasteiger partial charge is 0.325 e. The Morgan fingerprint density at radius 3 is 1.91 bits per heavy atom. The van der Waals surface area contributed by atoms with Gasteiger partial charge in [-0.25, -0.2) is 0 Å². The van der Waals surface area contributed by atoms with Crippen molar-refractivity contribution in [2.45, 2.75) is 38.4 Å². The number of amides is 4. The molecule has 11 heteroatoms. The molecule has 0 aromatic heterocycles. The van der Waals surface area contributed by atoms with E-state index in [1.165, 1.54) is 13.8 Å². The molecule has 11 nitrogen and oxygen atoms in total. The monoisotopic (exact) mass is 331 g/mol. The van der Waals surface area contributed by atoms with Gasteiger partial charge < -0.3 is 32.5 Å². The maximum Gasteiger partial charge on any atom is 0.325 e. The fourth-order valence-electron chi connectivity index (χ4n) is 1.44. The van der Waals surface area contributed by atoms with Gasteiger partial charge in [-0.3, -0.25) is 24.0 Å². The van der Waals surface area contributed by atoms with Crippen LogP contribution in [0.5, 0.6) is 0 Å². The normalized spacial score (nSPS) is 14.0. The number of nitrogens with two attached hydrogens (primary N) is 2. The van der Waals surface area contributed by atoms with Crippen LogP contribution in [0.15, 0.2) is 0 Å². The van der Waals surface area contributed by atoms with Crippen LogP contribution in [0.2, 0.25) is 0 Å². The van der Waals surface area contributed by atoms with E-state index in [-0.39, 0.29) is 0 Å². The standard InChI is InChI=1S/C12H21N5O6/c1-5(10(20)16-6(2)12(22)23)15-11(21)7(3-8(14)18)17-9(19)4-13/h5-7H,3-4,13H2,1-2H3,(H2,14,18)(H,15,21)(H,16,20)(H,17,19)(H,22,23). The Bertz CT molecular complexity index is 494. The van der Waals surface area contributed by atoms with E-state index in [1.807, 2.05) is 0 Å². The van der Waals surface area contributed by atoms with Gasteiger partial charge in [0.25, 0.3) is 0 Å². The highest BCUT2D eigenvalue weighted by Crippen LogP contribution is 1.95. The first-order chi connectivity index (χ1) is 10.6. The molecule has 3 unspecified atom stereocenters. The lowest BCUT2D eigenvalue weighted by Gasteiger charge is -2.20. The molecule has 8 N–H and O–H groups in total. The molecule has 0 aromatic carbocycles. The Balaban J connectivity index is 4.76. The van der Waals surface area contributed by atoms with E-state index in [0.29, 0.717) is 0 Å². The summed E-state index contributed by atoms with van der Waals surface area (Å²) in [6.07, 6.45) is -0.475. The molecule has 0 bridgehead atoms. The maximum absolute atomic E-state index is 12.0. The molecule has 0 saturated heterocycles. The molecule has 23 heavy (non-hydrogen) atoms. The van der Waals surface area contributed by atoms with Gasteiger partial charge in [0.1, 0.15) is 18.1 Å². The fourth-order valence-corrected chi connectivity index (χ4v) is 1.44. The number of primary amides is 1. The number of rotatable bonds is 9. The molecular weight excluding hydrogens is 310 g/mol. The second-order valence-electron chi connectivity index (χ2n) is 4.79. The summed E-state index contributed by atoms with van der Waals surface area (Å²) < 4.78 is 0. The topological polar surface area (TPSA) is 194 Å². The fraction of sp³-hybridized carbons (Fsp3) is 0.583. The van der Waals surface area contributed by atoms with Crippen LogP contribution >= 0.6 is 0 Å². The second kappa shape index (κ2) is 9.35. The average molecular weight is 331 g/mol. The van der Waals surface area contributed by atoms with Crippen LogP contribution < -0.4 is 27.4 Å². The van der Waals surface area contributed by atoms with Crippen molar-refractivity contribution in [1.29, 1.82) is 0 Å². The number of aliphatic carboxylic acids is 1. The Morgan fingerprint density at radius 2 is 1.48 bits per heavy atom. The highest BCUT2D eigenvalue weighted by molar-refractivity contribution is 5.95. The van der Waals surface area contributed by atoms with E-state index < -0.39 is 60.7 Å². The minimum atomic E-state index is -1.28. The number of carbonyl (C=O) groups excluding carboxylic acids is 4. The largest absolute Gasteiger partial charge is 0.480 e. The predicted molar refractivity (Wildman–Crippen MR) is 77.6 cm³/mol. The van der Waals surface area contributed by atoms with Gasteiger partial charge in [-0.2, -0.15) is 0 Å². The molecule has 0 aliphatic carbocycles. The van der Waals surface area contributed by atoms with Crippen LogP contribution in [-0.2, 0) is 24.0 Å². The number of carbonyl (C=O) groups is 5. The van der Waals surface area contributed by atoms with Crippen molar-refractivity contribution in [2.75, 3.05) is 6.54 Å². The van der Waals surface area contributed by atoms with E-state index in [2.05, 4.69) is 16.0 Å². The van der Waals surface area contributed by atoms with Crippen molar-refractivity contribution in [2.24, 2.45) is 11.5 Å². The van der Waals surface area contributed by atoms with E-state index in [4.69, 9.17) is 16.6 Å². The van der Waals surface area contributed by atoms with Crippen LogP contribution in [0, 0.1) is 0 Å². The van der Waals surface area contributed by atoms with E-state index >= 15 is 0 Å². The lowest BCUT2D eigenvalue weighted by Crippen LogP contribution is -2.55. The molecule has 0 aliphatic heterocycles. The number of hydrogen-bond acceptors (Lipinski definition) is 6. The first-order valence-electron chi connectivity index (χ1n) is 6.69. The van der Waals surface area contributed by atoms with Crippen molar-refractivity contribution >= 4 is 29.6 Å². The summed E-state index contributed by atoms with van der Waals surface area (Å²) in [5.74, 6) is -4.31. The summed E-state index contributed by atoms with van der Waals surface area (Å²) in [4.78, 5) is 56.5. The SMILES string of the molecule is CC(NC(=O)C(C)NC(=O)C(CC(N)=O)NC(=O)CN)C(=O)O. The molecule has 0 heterocycles. The van der Waals surface area contributed by atoms with Crippen LogP contribution in [0.1, 0.15) is 20.3 Å². The first kappa shape index (κ1) is 20.3. The summed E-state index contributed by atoms with van der Waals surface area (Å²) in [6, 6.07) is -3.51. The molecule has 0 spiro atoms. The summed E-state index contributed by atoms with van der Waals surface area (Å²) >= 11 is 0. The molecule has 0 saturated carbocycles. The van der Waals surface area contributed by atoms with Gasteiger partial charge in [-0.15, -0.1) is 0 Å². The summed E-state index contributed by atoms with van der Waals surface area (Å²) in [5.41, 5.74) is 10.1. The van der Waals surface area contributed by atoms with Crippen molar-refractivity contribution in [3.05, 3.63) is 0 Å². The van der Waals surface area contributed by atoms with Crippen LogP contribution in [-0.4, -0.2) is 59.4 Å². The molecule has 0 fully saturated rings. The third-order valence-corrected chi connectivity index (χ3v) is 2.72. The third-order valence-electron chi connectivity index (χ3n) is 2.72. The Labute approximate surface area is 132 Å². The number of hydrogen-bond donors (Lipinski definition) is 6. The van der Waals surface area contributed by atoms with Gasteiger partial charge in [0.15, 0.2) is 0 Å². The van der Waals surface area contributed by atoms with Gasteiger partial charge in [0.05, 0.1) is 13.0 Å². The third kappa shape index (κ3) is 7.76. The Morgan fingerprint density at radius 1 is 0.957 bits per heavy atom. The van der Waals surface area contributed by atoms with Gasteiger partial charge in [0.2, 0.25) is 23.6 Å². The zero-order valence-electron chi connectivity index (χ0n) is 12.8. The summed E-state index contributed by atoms with van der Waals surface area (Å²) in [5, 5.41) is 15.3. The van der Waals surface area contributed by atoms with Gasteiger partial charge in [-0.1, -0.05) is 0 Å². The van der Waals surface area contributed by atoms with E-state index in [0.717, 1.165) is 0 Å². The predicted octanol–water partition coefficient (Wildman–Crippen LogP) is -3.60. The first-order valence-corrected chi connectivity index (χ1v) is 6.69. The molecule has 0 aromatic rings. The van der Waals surface area contributed by atoms with Gasteiger partial charge in [-0.05, 0) is 13.8 Å². The molecule has 0 aliphatic rings. The quantitative estimate of drug-likeness (QED) is 0.251. The molecule has 130 valence electrons. The molecule has 0 radical (unpaired) electrons. The van der Waals surface area contributed by atoms with Crippen LogP contribution in [0.4, 0.5) is 0 Å². The minimum Gasteiger partial charge on any atom is -0.480 e. The highest BCUT2D eigenvalue weighted by atomic mass is 16.4. The summed E-state index contributed by atoms with van der Waals surface area (Å²) in [6.45, 7) is 2.18.